The van der Waals surface area contributed by atoms with Crippen LogP contribution < -0.4 is 0 Å². The fourth-order valence-electron chi connectivity index (χ4n) is 1.18. The molecule has 0 saturated heterocycles. The molecule has 0 N–H and O–H groups in total. The SMILES string of the molecule is N#Cc1ccc(Br)c(-n2ccnc2)c1. The highest BCUT2D eigenvalue weighted by Gasteiger charge is 2.02. The Morgan fingerprint density at radius 3 is 2.93 bits per heavy atom. The predicted molar refractivity (Wildman–Crippen MR) is 56.0 cm³/mol. The van der Waals surface area contributed by atoms with Crippen LogP contribution in [0.15, 0.2) is 41.4 Å². The third-order valence-electron chi connectivity index (χ3n) is 1.86. The fourth-order valence-corrected chi connectivity index (χ4v) is 1.63. The Morgan fingerprint density at radius 1 is 1.43 bits per heavy atom. The minimum atomic E-state index is 0.636. The first-order valence-corrected chi connectivity index (χ1v) is 4.78. The first-order valence-electron chi connectivity index (χ1n) is 3.99. The van der Waals surface area contributed by atoms with Gasteiger partial charge in [-0.05, 0) is 34.1 Å². The summed E-state index contributed by atoms with van der Waals surface area (Å²) in [4.78, 5) is 3.95. The summed E-state index contributed by atoms with van der Waals surface area (Å²) in [5, 5.41) is 8.76. The molecule has 1 aromatic carbocycles. The van der Waals surface area contributed by atoms with Gasteiger partial charge in [-0.2, -0.15) is 5.26 Å². The summed E-state index contributed by atoms with van der Waals surface area (Å²) in [6, 6.07) is 7.54. The number of nitriles is 1. The Kier molecular flexibility index (Phi) is 2.33. The van der Waals surface area contributed by atoms with Gasteiger partial charge < -0.3 is 4.57 Å². The van der Waals surface area contributed by atoms with Gasteiger partial charge in [0.05, 0.1) is 23.6 Å². The number of nitrogens with zero attached hydrogens (tertiary/aromatic N) is 3. The average Bonchev–Trinajstić information content (AvgIpc) is 2.71. The lowest BCUT2D eigenvalue weighted by atomic mass is 10.2. The molecule has 4 heteroatoms. The molecule has 0 unspecified atom stereocenters. The number of aromatic nitrogens is 2. The summed E-state index contributed by atoms with van der Waals surface area (Å²) in [6.07, 6.45) is 5.23. The molecule has 0 aliphatic heterocycles. The lowest BCUT2D eigenvalue weighted by Crippen LogP contribution is -1.92. The van der Waals surface area contributed by atoms with E-state index in [-0.39, 0.29) is 0 Å². The van der Waals surface area contributed by atoms with E-state index in [1.807, 2.05) is 22.9 Å². The molecular formula is C10H6BrN3. The Labute approximate surface area is 89.8 Å². The highest BCUT2D eigenvalue weighted by atomic mass is 79.9. The minimum Gasteiger partial charge on any atom is -0.305 e. The molecule has 0 aliphatic rings. The second kappa shape index (κ2) is 3.64. The molecule has 1 heterocycles. The molecule has 0 fully saturated rings. The van der Waals surface area contributed by atoms with Crippen LogP contribution in [0.2, 0.25) is 0 Å². The molecule has 0 aliphatic carbocycles. The van der Waals surface area contributed by atoms with Crippen molar-refractivity contribution in [3.8, 4) is 11.8 Å². The van der Waals surface area contributed by atoms with Gasteiger partial charge in [0.1, 0.15) is 0 Å². The van der Waals surface area contributed by atoms with E-state index in [4.69, 9.17) is 5.26 Å². The highest BCUT2D eigenvalue weighted by molar-refractivity contribution is 9.10. The Balaban J connectivity index is 2.58. The normalized spacial score (nSPS) is 9.71. The Morgan fingerprint density at radius 2 is 2.29 bits per heavy atom. The van der Waals surface area contributed by atoms with Crippen molar-refractivity contribution in [2.75, 3.05) is 0 Å². The number of halogens is 1. The monoisotopic (exact) mass is 247 g/mol. The minimum absolute atomic E-state index is 0.636. The quantitative estimate of drug-likeness (QED) is 0.777. The lowest BCUT2D eigenvalue weighted by molar-refractivity contribution is 1.05. The zero-order valence-corrected chi connectivity index (χ0v) is 8.77. The van der Waals surface area contributed by atoms with Crippen LogP contribution in [0.3, 0.4) is 0 Å². The van der Waals surface area contributed by atoms with Crippen molar-refractivity contribution in [1.29, 1.82) is 5.26 Å². The molecule has 0 radical (unpaired) electrons. The van der Waals surface area contributed by atoms with Crippen LogP contribution in [0.4, 0.5) is 0 Å². The molecular weight excluding hydrogens is 242 g/mol. The first kappa shape index (κ1) is 8.97. The second-order valence-electron chi connectivity index (χ2n) is 2.75. The molecule has 14 heavy (non-hydrogen) atoms. The summed E-state index contributed by atoms with van der Waals surface area (Å²) in [7, 11) is 0. The summed E-state index contributed by atoms with van der Waals surface area (Å²) < 4.78 is 2.79. The first-order chi connectivity index (χ1) is 6.81. The van der Waals surface area contributed by atoms with Gasteiger partial charge in [0, 0.05) is 16.9 Å². The van der Waals surface area contributed by atoms with Gasteiger partial charge in [0.15, 0.2) is 0 Å². The predicted octanol–water partition coefficient (Wildman–Crippen LogP) is 2.51. The van der Waals surface area contributed by atoms with Gasteiger partial charge in [0.2, 0.25) is 0 Å². The van der Waals surface area contributed by atoms with Crippen molar-refractivity contribution >= 4 is 15.9 Å². The average molecular weight is 248 g/mol. The zero-order valence-electron chi connectivity index (χ0n) is 7.18. The molecule has 68 valence electrons. The number of benzene rings is 1. The summed E-state index contributed by atoms with van der Waals surface area (Å²) in [6.45, 7) is 0. The van der Waals surface area contributed by atoms with Crippen LogP contribution in [0.25, 0.3) is 5.69 Å². The maximum Gasteiger partial charge on any atom is 0.0992 e. The van der Waals surface area contributed by atoms with Crippen molar-refractivity contribution in [2.45, 2.75) is 0 Å². The van der Waals surface area contributed by atoms with E-state index < -0.39 is 0 Å². The van der Waals surface area contributed by atoms with Gasteiger partial charge in [-0.3, -0.25) is 0 Å². The number of rotatable bonds is 1. The molecule has 1 aromatic heterocycles. The smallest absolute Gasteiger partial charge is 0.0992 e. The second-order valence-corrected chi connectivity index (χ2v) is 3.60. The van der Waals surface area contributed by atoms with E-state index in [9.17, 15) is 0 Å². The highest BCUT2D eigenvalue weighted by Crippen LogP contribution is 2.21. The summed E-state index contributed by atoms with van der Waals surface area (Å²) in [5.41, 5.74) is 1.55. The van der Waals surface area contributed by atoms with Crippen molar-refractivity contribution < 1.29 is 0 Å². The van der Waals surface area contributed by atoms with Crippen LogP contribution in [0.5, 0.6) is 0 Å². The van der Waals surface area contributed by atoms with Crippen molar-refractivity contribution in [1.82, 2.24) is 9.55 Å². The van der Waals surface area contributed by atoms with Gasteiger partial charge in [0.25, 0.3) is 0 Å². The molecule has 2 rings (SSSR count). The standard InChI is InChI=1S/C10H6BrN3/c11-9-2-1-8(6-12)5-10(9)14-4-3-13-7-14/h1-5,7H. The Hall–Kier alpha value is -1.60. The summed E-state index contributed by atoms with van der Waals surface area (Å²) in [5.74, 6) is 0. The van der Waals surface area contributed by atoms with Gasteiger partial charge >= 0.3 is 0 Å². The fraction of sp³-hybridized carbons (Fsp3) is 0. The summed E-state index contributed by atoms with van der Waals surface area (Å²) >= 11 is 3.42. The number of imidazole rings is 1. The van der Waals surface area contributed by atoms with Crippen LogP contribution in [-0.2, 0) is 0 Å². The van der Waals surface area contributed by atoms with Crippen LogP contribution >= 0.6 is 15.9 Å². The maximum atomic E-state index is 8.76. The van der Waals surface area contributed by atoms with Gasteiger partial charge in [-0.25, -0.2) is 4.98 Å². The van der Waals surface area contributed by atoms with Crippen LogP contribution in [0, 0.1) is 11.3 Å². The van der Waals surface area contributed by atoms with Gasteiger partial charge in [-0.15, -0.1) is 0 Å². The van der Waals surface area contributed by atoms with E-state index in [0.29, 0.717) is 5.56 Å². The van der Waals surface area contributed by atoms with E-state index >= 15 is 0 Å². The molecule has 0 bridgehead atoms. The van der Waals surface area contributed by atoms with Crippen molar-refractivity contribution in [3.63, 3.8) is 0 Å². The lowest BCUT2D eigenvalue weighted by Gasteiger charge is -2.04. The Bertz CT molecular complexity index is 483. The van der Waals surface area contributed by atoms with E-state index in [0.717, 1.165) is 10.2 Å². The molecule has 0 atom stereocenters. The molecule has 3 nitrogen and oxygen atoms in total. The zero-order chi connectivity index (χ0) is 9.97. The number of hydrogen-bond donors (Lipinski definition) is 0. The largest absolute Gasteiger partial charge is 0.305 e. The third kappa shape index (κ3) is 1.54. The van der Waals surface area contributed by atoms with E-state index in [1.165, 1.54) is 0 Å². The number of hydrogen-bond acceptors (Lipinski definition) is 2. The topological polar surface area (TPSA) is 41.6 Å². The van der Waals surface area contributed by atoms with Crippen LogP contribution in [0.1, 0.15) is 5.56 Å². The van der Waals surface area contributed by atoms with Crippen molar-refractivity contribution in [2.24, 2.45) is 0 Å². The molecule has 0 amide bonds. The van der Waals surface area contributed by atoms with E-state index in [1.54, 1.807) is 18.6 Å². The third-order valence-corrected chi connectivity index (χ3v) is 2.53. The molecule has 0 spiro atoms. The van der Waals surface area contributed by atoms with Crippen molar-refractivity contribution in [3.05, 3.63) is 47.0 Å². The van der Waals surface area contributed by atoms with Gasteiger partial charge in [-0.1, -0.05) is 0 Å². The molecule has 0 saturated carbocycles. The van der Waals surface area contributed by atoms with Crippen LogP contribution in [-0.4, -0.2) is 9.55 Å². The van der Waals surface area contributed by atoms with E-state index in [2.05, 4.69) is 27.0 Å². The molecule has 2 aromatic rings. The maximum absolute atomic E-state index is 8.76.